The molecule has 1 fully saturated rings. The molecule has 0 unspecified atom stereocenters. The summed E-state index contributed by atoms with van der Waals surface area (Å²) in [6, 6.07) is 19.8. The molecule has 4 rings (SSSR count). The van der Waals surface area contributed by atoms with Crippen molar-refractivity contribution < 1.29 is 9.53 Å². The number of carbonyl (C=O) groups is 1. The highest BCUT2D eigenvalue weighted by molar-refractivity contribution is 5.97. The van der Waals surface area contributed by atoms with Gasteiger partial charge >= 0.3 is 0 Å². The van der Waals surface area contributed by atoms with Crippen LogP contribution in [0, 0.1) is 11.3 Å². The van der Waals surface area contributed by atoms with Crippen LogP contribution in [0.3, 0.4) is 0 Å². The van der Waals surface area contributed by atoms with Crippen LogP contribution in [-0.4, -0.2) is 42.1 Å². The first-order valence-electron chi connectivity index (χ1n) is 10.5. The number of hydrogen-bond acceptors (Lipinski definition) is 6. The average Bonchev–Trinajstić information content (AvgIpc) is 2.84. The molecule has 1 aliphatic heterocycles. The molecular weight excluding hydrogens is 388 g/mol. The van der Waals surface area contributed by atoms with E-state index in [-0.39, 0.29) is 18.6 Å². The van der Waals surface area contributed by atoms with E-state index in [1.54, 1.807) is 12.3 Å². The van der Waals surface area contributed by atoms with Crippen molar-refractivity contribution in [2.24, 2.45) is 0 Å². The third-order valence-corrected chi connectivity index (χ3v) is 5.32. The standard InChI is InChI=1S/C25H24N4O2/c26-11-2-5-24(30)21-4-1-3-20(18-21)23-10-12-27-25(28-23)17-19-6-8-22(9-7-19)29-13-15-31-16-14-29/h1,3-4,6-10,12,18H,2,5,13-17H2. The normalized spacial score (nSPS) is 13.6. The Hall–Kier alpha value is -3.56. The molecule has 2 aromatic carbocycles. The van der Waals surface area contributed by atoms with Gasteiger partial charge in [0, 0.05) is 55.4 Å². The second kappa shape index (κ2) is 9.96. The Morgan fingerprint density at radius 3 is 2.68 bits per heavy atom. The number of Topliss-reactive ketones (excluding diaryl/α,β-unsaturated/α-hetero) is 1. The molecule has 1 saturated heterocycles. The van der Waals surface area contributed by atoms with Crippen molar-refractivity contribution in [1.82, 2.24) is 9.97 Å². The first kappa shape index (κ1) is 20.7. The Labute approximate surface area is 182 Å². The van der Waals surface area contributed by atoms with E-state index in [9.17, 15) is 4.79 Å². The number of nitriles is 1. The van der Waals surface area contributed by atoms with Gasteiger partial charge in [-0.3, -0.25) is 4.79 Å². The summed E-state index contributed by atoms with van der Waals surface area (Å²) in [7, 11) is 0. The Kier molecular flexibility index (Phi) is 6.65. The second-order valence-corrected chi connectivity index (χ2v) is 7.46. The lowest BCUT2D eigenvalue weighted by molar-refractivity contribution is 0.0984. The van der Waals surface area contributed by atoms with Gasteiger partial charge in [-0.15, -0.1) is 0 Å². The summed E-state index contributed by atoms with van der Waals surface area (Å²) in [5.74, 6) is 0.705. The quantitative estimate of drug-likeness (QED) is 0.545. The van der Waals surface area contributed by atoms with E-state index < -0.39 is 0 Å². The molecule has 0 aliphatic carbocycles. The van der Waals surface area contributed by atoms with Crippen molar-refractivity contribution in [3.8, 4) is 17.3 Å². The zero-order valence-corrected chi connectivity index (χ0v) is 17.3. The topological polar surface area (TPSA) is 79.1 Å². The lowest BCUT2D eigenvalue weighted by Crippen LogP contribution is -2.36. The third-order valence-electron chi connectivity index (χ3n) is 5.32. The monoisotopic (exact) mass is 412 g/mol. The molecule has 0 saturated carbocycles. The SMILES string of the molecule is N#CCCC(=O)c1cccc(-c2ccnc(Cc3ccc(N4CCOCC4)cc3)n2)c1. The maximum absolute atomic E-state index is 12.2. The largest absolute Gasteiger partial charge is 0.378 e. The first-order valence-corrected chi connectivity index (χ1v) is 10.5. The van der Waals surface area contributed by atoms with Crippen LogP contribution in [0.25, 0.3) is 11.3 Å². The molecule has 0 bridgehead atoms. The number of ether oxygens (including phenoxy) is 1. The molecule has 6 nitrogen and oxygen atoms in total. The summed E-state index contributed by atoms with van der Waals surface area (Å²) in [5, 5.41) is 8.70. The molecule has 6 heteroatoms. The molecule has 0 N–H and O–H groups in total. The maximum Gasteiger partial charge on any atom is 0.163 e. The van der Waals surface area contributed by atoms with E-state index in [2.05, 4.69) is 34.1 Å². The van der Waals surface area contributed by atoms with Crippen LogP contribution >= 0.6 is 0 Å². The predicted octanol–water partition coefficient (Wildman–Crippen LogP) is 4.06. The Balaban J connectivity index is 1.47. The zero-order valence-electron chi connectivity index (χ0n) is 17.3. The van der Waals surface area contributed by atoms with Crippen molar-refractivity contribution in [3.05, 3.63) is 77.7 Å². The van der Waals surface area contributed by atoms with Gasteiger partial charge in [0.2, 0.25) is 0 Å². The number of hydrogen-bond donors (Lipinski definition) is 0. The van der Waals surface area contributed by atoms with Crippen LogP contribution in [-0.2, 0) is 11.2 Å². The molecular formula is C25H24N4O2. The van der Waals surface area contributed by atoms with Crippen molar-refractivity contribution in [2.45, 2.75) is 19.3 Å². The van der Waals surface area contributed by atoms with Gasteiger partial charge in [0.25, 0.3) is 0 Å². The maximum atomic E-state index is 12.2. The molecule has 0 spiro atoms. The molecule has 0 radical (unpaired) electrons. The summed E-state index contributed by atoms with van der Waals surface area (Å²) in [4.78, 5) is 23.7. The highest BCUT2D eigenvalue weighted by Crippen LogP contribution is 2.21. The summed E-state index contributed by atoms with van der Waals surface area (Å²) >= 11 is 0. The molecule has 0 atom stereocenters. The second-order valence-electron chi connectivity index (χ2n) is 7.46. The number of carbonyl (C=O) groups excluding carboxylic acids is 1. The number of nitrogens with zero attached hydrogens (tertiary/aromatic N) is 4. The van der Waals surface area contributed by atoms with Gasteiger partial charge in [0.15, 0.2) is 5.78 Å². The Morgan fingerprint density at radius 1 is 1.10 bits per heavy atom. The van der Waals surface area contributed by atoms with Crippen molar-refractivity contribution >= 4 is 11.5 Å². The lowest BCUT2D eigenvalue weighted by atomic mass is 10.0. The van der Waals surface area contributed by atoms with Crippen LogP contribution < -0.4 is 4.90 Å². The fraction of sp³-hybridized carbons (Fsp3) is 0.280. The van der Waals surface area contributed by atoms with Crippen molar-refractivity contribution in [3.63, 3.8) is 0 Å². The minimum Gasteiger partial charge on any atom is -0.378 e. The lowest BCUT2D eigenvalue weighted by Gasteiger charge is -2.28. The number of morpholine rings is 1. The molecule has 0 amide bonds. The molecule has 156 valence electrons. The first-order chi connectivity index (χ1) is 15.2. The number of aromatic nitrogens is 2. The highest BCUT2D eigenvalue weighted by atomic mass is 16.5. The van der Waals surface area contributed by atoms with Crippen molar-refractivity contribution in [1.29, 1.82) is 5.26 Å². The summed E-state index contributed by atoms with van der Waals surface area (Å²) < 4.78 is 5.42. The zero-order chi connectivity index (χ0) is 21.5. The van der Waals surface area contributed by atoms with E-state index in [4.69, 9.17) is 15.0 Å². The summed E-state index contributed by atoms with van der Waals surface area (Å²) in [6.45, 7) is 3.38. The van der Waals surface area contributed by atoms with E-state index in [1.807, 2.05) is 30.3 Å². The van der Waals surface area contributed by atoms with Gasteiger partial charge in [-0.1, -0.05) is 30.3 Å². The number of anilines is 1. The third kappa shape index (κ3) is 5.33. The Morgan fingerprint density at radius 2 is 1.90 bits per heavy atom. The summed E-state index contributed by atoms with van der Waals surface area (Å²) in [6.07, 6.45) is 2.85. The van der Waals surface area contributed by atoms with Crippen LogP contribution in [0.1, 0.15) is 34.6 Å². The molecule has 1 aromatic heterocycles. The highest BCUT2D eigenvalue weighted by Gasteiger charge is 2.12. The van der Waals surface area contributed by atoms with Gasteiger partial charge in [0.05, 0.1) is 25.0 Å². The average molecular weight is 412 g/mol. The fourth-order valence-corrected chi connectivity index (χ4v) is 3.64. The van der Waals surface area contributed by atoms with Gasteiger partial charge < -0.3 is 9.64 Å². The molecule has 1 aliphatic rings. The van der Waals surface area contributed by atoms with E-state index in [1.165, 1.54) is 5.69 Å². The Bertz CT molecular complexity index is 1080. The minimum atomic E-state index is -0.0296. The van der Waals surface area contributed by atoms with Crippen molar-refractivity contribution in [2.75, 3.05) is 31.2 Å². The molecule has 31 heavy (non-hydrogen) atoms. The smallest absolute Gasteiger partial charge is 0.163 e. The fourth-order valence-electron chi connectivity index (χ4n) is 3.64. The summed E-state index contributed by atoms with van der Waals surface area (Å²) in [5.41, 5.74) is 4.61. The molecule has 2 heterocycles. The number of ketones is 1. The molecule has 3 aromatic rings. The minimum absolute atomic E-state index is 0.0296. The van der Waals surface area contributed by atoms with Gasteiger partial charge in [-0.05, 0) is 29.8 Å². The van der Waals surface area contributed by atoms with E-state index in [0.717, 1.165) is 48.9 Å². The van der Waals surface area contributed by atoms with E-state index in [0.29, 0.717) is 12.0 Å². The van der Waals surface area contributed by atoms with Crippen LogP contribution in [0.4, 0.5) is 5.69 Å². The van der Waals surface area contributed by atoms with Gasteiger partial charge in [0.1, 0.15) is 5.82 Å². The number of benzene rings is 2. The van der Waals surface area contributed by atoms with Crippen LogP contribution in [0.2, 0.25) is 0 Å². The van der Waals surface area contributed by atoms with Crippen LogP contribution in [0.5, 0.6) is 0 Å². The van der Waals surface area contributed by atoms with Crippen LogP contribution in [0.15, 0.2) is 60.8 Å². The van der Waals surface area contributed by atoms with Gasteiger partial charge in [-0.2, -0.15) is 5.26 Å². The van der Waals surface area contributed by atoms with Gasteiger partial charge in [-0.25, -0.2) is 9.97 Å². The predicted molar refractivity (Wildman–Crippen MR) is 119 cm³/mol. The van der Waals surface area contributed by atoms with E-state index >= 15 is 0 Å². The number of rotatable bonds is 7.